The largest absolute Gasteiger partial charge is 0.507 e. The number of nitrogens with one attached hydrogen (secondary N) is 1. The first kappa shape index (κ1) is 19.0. The van der Waals surface area contributed by atoms with Crippen molar-refractivity contribution < 1.29 is 9.90 Å². The van der Waals surface area contributed by atoms with E-state index in [4.69, 9.17) is 0 Å². The Hall–Kier alpha value is -2.79. The monoisotopic (exact) mass is 378 g/mol. The summed E-state index contributed by atoms with van der Waals surface area (Å²) >= 11 is 1.55. The second-order valence-corrected chi connectivity index (χ2v) is 7.49. The summed E-state index contributed by atoms with van der Waals surface area (Å²) in [4.78, 5) is 12.0. The van der Waals surface area contributed by atoms with Gasteiger partial charge in [0.2, 0.25) is 5.91 Å². The van der Waals surface area contributed by atoms with Crippen LogP contribution in [0.1, 0.15) is 22.3 Å². The van der Waals surface area contributed by atoms with E-state index in [1.54, 1.807) is 17.8 Å². The van der Waals surface area contributed by atoms with E-state index in [1.807, 2.05) is 30.3 Å². The first-order chi connectivity index (χ1) is 13.0. The molecule has 0 fully saturated rings. The van der Waals surface area contributed by atoms with Crippen molar-refractivity contribution >= 4 is 34.7 Å². The van der Waals surface area contributed by atoms with Gasteiger partial charge in [0.05, 0.1) is 12.0 Å². The van der Waals surface area contributed by atoms with Crippen molar-refractivity contribution in [1.29, 1.82) is 0 Å². The predicted octanol–water partition coefficient (Wildman–Crippen LogP) is 4.55. The lowest BCUT2D eigenvalue weighted by Crippen LogP contribution is -2.19. The molecule has 0 radical (unpaired) electrons. The zero-order valence-electron chi connectivity index (χ0n) is 15.4. The zero-order chi connectivity index (χ0) is 19.2. The molecule has 3 aromatic carbocycles. The molecule has 0 aliphatic rings. The van der Waals surface area contributed by atoms with Crippen LogP contribution >= 0.6 is 11.8 Å². The smallest absolute Gasteiger partial charge is 0.250 e. The maximum atomic E-state index is 12.0. The van der Waals surface area contributed by atoms with Crippen LogP contribution in [-0.4, -0.2) is 23.0 Å². The number of phenolic OH excluding ortho intramolecular Hbond substituents is 1. The fraction of sp³-hybridized carbons (Fsp3) is 0.182. The third-order valence-electron chi connectivity index (χ3n) is 4.11. The van der Waals surface area contributed by atoms with Crippen LogP contribution in [0.15, 0.2) is 59.7 Å². The van der Waals surface area contributed by atoms with Crippen LogP contribution in [0.2, 0.25) is 0 Å². The summed E-state index contributed by atoms with van der Waals surface area (Å²) in [5.41, 5.74) is 6.80. The van der Waals surface area contributed by atoms with Crippen molar-refractivity contribution in [1.82, 2.24) is 5.43 Å². The molecule has 27 heavy (non-hydrogen) atoms. The number of hydrogen-bond acceptors (Lipinski definition) is 4. The Morgan fingerprint density at radius 3 is 2.63 bits per heavy atom. The maximum absolute atomic E-state index is 12.0. The van der Waals surface area contributed by atoms with E-state index in [0.29, 0.717) is 11.3 Å². The SMILES string of the molecule is Cc1cc(C)cc(CSCC(=O)N/N=C/c2c(O)ccc3ccccc23)c1. The number of hydrogen-bond donors (Lipinski definition) is 2. The molecule has 1 amide bonds. The standard InChI is InChI=1S/C22H22N2O2S/c1-15-9-16(2)11-17(10-15)13-27-14-22(26)24-23-12-20-19-6-4-3-5-18(19)7-8-21(20)25/h3-12,25H,13-14H2,1-2H3,(H,24,26)/b23-12+. The van der Waals surface area contributed by atoms with Crippen LogP contribution in [0.25, 0.3) is 10.8 Å². The number of hydrazone groups is 1. The summed E-state index contributed by atoms with van der Waals surface area (Å²) in [6.07, 6.45) is 1.49. The molecular weight excluding hydrogens is 356 g/mol. The molecule has 0 aliphatic carbocycles. The minimum absolute atomic E-state index is 0.135. The number of benzene rings is 3. The summed E-state index contributed by atoms with van der Waals surface area (Å²) in [6, 6.07) is 17.6. The van der Waals surface area contributed by atoms with Gasteiger partial charge in [0.15, 0.2) is 0 Å². The molecule has 0 aliphatic heterocycles. The van der Waals surface area contributed by atoms with Crippen LogP contribution in [0.3, 0.4) is 0 Å². The maximum Gasteiger partial charge on any atom is 0.250 e. The fourth-order valence-corrected chi connectivity index (χ4v) is 3.79. The molecule has 5 heteroatoms. The average Bonchev–Trinajstić information content (AvgIpc) is 2.63. The Morgan fingerprint density at radius 1 is 1.11 bits per heavy atom. The number of amides is 1. The Kier molecular flexibility index (Phi) is 6.14. The number of aromatic hydroxyl groups is 1. The van der Waals surface area contributed by atoms with Gasteiger partial charge in [-0.2, -0.15) is 5.10 Å². The molecule has 0 saturated heterocycles. The molecule has 2 N–H and O–H groups in total. The number of aryl methyl sites for hydroxylation is 2. The highest BCUT2D eigenvalue weighted by atomic mass is 32.2. The van der Waals surface area contributed by atoms with E-state index >= 15 is 0 Å². The van der Waals surface area contributed by atoms with Crippen molar-refractivity contribution in [2.24, 2.45) is 5.10 Å². The van der Waals surface area contributed by atoms with Crippen molar-refractivity contribution in [2.75, 3.05) is 5.75 Å². The van der Waals surface area contributed by atoms with E-state index in [-0.39, 0.29) is 11.7 Å². The van der Waals surface area contributed by atoms with Gasteiger partial charge < -0.3 is 5.11 Å². The Balaban J connectivity index is 1.56. The van der Waals surface area contributed by atoms with Crippen LogP contribution < -0.4 is 5.43 Å². The molecule has 0 unspecified atom stereocenters. The summed E-state index contributed by atoms with van der Waals surface area (Å²) in [5.74, 6) is 1.08. The van der Waals surface area contributed by atoms with Crippen LogP contribution in [0, 0.1) is 13.8 Å². The highest BCUT2D eigenvalue weighted by molar-refractivity contribution is 7.99. The number of phenols is 1. The number of nitrogens with zero attached hydrogens (tertiary/aromatic N) is 1. The summed E-state index contributed by atoms with van der Waals surface area (Å²) in [7, 11) is 0. The molecule has 0 aromatic heterocycles. The van der Waals surface area contributed by atoms with Gasteiger partial charge in [0.1, 0.15) is 5.75 Å². The van der Waals surface area contributed by atoms with Gasteiger partial charge in [-0.1, -0.05) is 59.7 Å². The van der Waals surface area contributed by atoms with Crippen molar-refractivity contribution in [3.63, 3.8) is 0 Å². The van der Waals surface area contributed by atoms with E-state index in [9.17, 15) is 9.90 Å². The Bertz CT molecular complexity index is 979. The van der Waals surface area contributed by atoms with Gasteiger partial charge in [-0.05, 0) is 36.2 Å². The number of fused-ring (bicyclic) bond motifs is 1. The third-order valence-corrected chi connectivity index (χ3v) is 5.12. The second kappa shape index (κ2) is 8.73. The van der Waals surface area contributed by atoms with Crippen LogP contribution in [0.4, 0.5) is 0 Å². The number of carbonyl (C=O) groups excluding carboxylic acids is 1. The lowest BCUT2D eigenvalue weighted by atomic mass is 10.0. The van der Waals surface area contributed by atoms with Gasteiger partial charge in [0, 0.05) is 11.3 Å². The average molecular weight is 378 g/mol. The van der Waals surface area contributed by atoms with Gasteiger partial charge in [-0.25, -0.2) is 5.43 Å². The third kappa shape index (κ3) is 5.11. The Labute approximate surface area is 163 Å². The molecule has 0 spiro atoms. The minimum atomic E-state index is -0.166. The van der Waals surface area contributed by atoms with Crippen LogP contribution in [-0.2, 0) is 10.5 Å². The first-order valence-corrected chi connectivity index (χ1v) is 9.86. The quantitative estimate of drug-likeness (QED) is 0.489. The molecular formula is C22H22N2O2S. The second-order valence-electron chi connectivity index (χ2n) is 6.50. The van der Waals surface area contributed by atoms with Crippen molar-refractivity contribution in [2.45, 2.75) is 19.6 Å². The molecule has 0 bridgehead atoms. The Morgan fingerprint density at radius 2 is 1.85 bits per heavy atom. The predicted molar refractivity (Wildman–Crippen MR) is 113 cm³/mol. The summed E-state index contributed by atoms with van der Waals surface area (Å²) in [5, 5.41) is 16.0. The lowest BCUT2D eigenvalue weighted by molar-refractivity contribution is -0.118. The number of rotatable bonds is 6. The van der Waals surface area contributed by atoms with Gasteiger partial charge in [-0.15, -0.1) is 11.8 Å². The molecule has 4 nitrogen and oxygen atoms in total. The molecule has 0 heterocycles. The first-order valence-electron chi connectivity index (χ1n) is 8.70. The van der Waals surface area contributed by atoms with E-state index < -0.39 is 0 Å². The molecule has 0 atom stereocenters. The van der Waals surface area contributed by atoms with Crippen LogP contribution in [0.5, 0.6) is 5.75 Å². The highest BCUT2D eigenvalue weighted by Gasteiger charge is 2.05. The number of thioether (sulfide) groups is 1. The topological polar surface area (TPSA) is 61.7 Å². The molecule has 3 rings (SSSR count). The highest BCUT2D eigenvalue weighted by Crippen LogP contribution is 2.25. The molecule has 3 aromatic rings. The van der Waals surface area contributed by atoms with Crippen molar-refractivity contribution in [3.8, 4) is 5.75 Å². The van der Waals surface area contributed by atoms with E-state index in [2.05, 4.69) is 42.6 Å². The number of carbonyl (C=O) groups is 1. The fourth-order valence-electron chi connectivity index (χ4n) is 3.03. The van der Waals surface area contributed by atoms with Crippen molar-refractivity contribution in [3.05, 3.63) is 76.9 Å². The lowest BCUT2D eigenvalue weighted by Gasteiger charge is -2.06. The normalized spacial score (nSPS) is 11.2. The molecule has 138 valence electrons. The van der Waals surface area contributed by atoms with Gasteiger partial charge in [-0.3, -0.25) is 4.79 Å². The summed E-state index contributed by atoms with van der Waals surface area (Å²) in [6.45, 7) is 4.15. The van der Waals surface area contributed by atoms with E-state index in [0.717, 1.165) is 16.5 Å². The molecule has 0 saturated carbocycles. The zero-order valence-corrected chi connectivity index (χ0v) is 16.2. The van der Waals surface area contributed by atoms with Gasteiger partial charge >= 0.3 is 0 Å². The van der Waals surface area contributed by atoms with Gasteiger partial charge in [0.25, 0.3) is 0 Å². The van der Waals surface area contributed by atoms with E-state index in [1.165, 1.54) is 22.9 Å². The summed E-state index contributed by atoms with van der Waals surface area (Å²) < 4.78 is 0. The minimum Gasteiger partial charge on any atom is -0.507 e.